The second-order valence-corrected chi connectivity index (χ2v) is 4.30. The van der Waals surface area contributed by atoms with E-state index in [0.717, 1.165) is 5.71 Å². The summed E-state index contributed by atoms with van der Waals surface area (Å²) in [7, 11) is 0. The minimum atomic E-state index is -0.248. The standard InChI is InChI=1S/C12H15ClN2O/c1-8(2)9(3)14-15-12(16)10-5-4-6-11(13)7-10/h4-8H,1-3H3,(H,15,16)/b14-9+. The normalized spacial score (nSPS) is 11.7. The number of hydrogen-bond acceptors (Lipinski definition) is 2. The minimum absolute atomic E-state index is 0.248. The van der Waals surface area contributed by atoms with Crippen LogP contribution >= 0.6 is 11.6 Å². The lowest BCUT2D eigenvalue weighted by atomic mass is 10.1. The number of amides is 1. The predicted molar refractivity (Wildman–Crippen MR) is 66.9 cm³/mol. The van der Waals surface area contributed by atoms with Gasteiger partial charge in [0.25, 0.3) is 5.91 Å². The van der Waals surface area contributed by atoms with Gasteiger partial charge in [-0.2, -0.15) is 5.10 Å². The maximum Gasteiger partial charge on any atom is 0.271 e. The fraction of sp³-hybridized carbons (Fsp3) is 0.333. The van der Waals surface area contributed by atoms with Crippen LogP contribution < -0.4 is 5.43 Å². The Labute approximate surface area is 101 Å². The van der Waals surface area contributed by atoms with Crippen LogP contribution in [0.2, 0.25) is 5.02 Å². The fourth-order valence-electron chi connectivity index (χ4n) is 0.962. The summed E-state index contributed by atoms with van der Waals surface area (Å²) in [4.78, 5) is 11.6. The van der Waals surface area contributed by atoms with Gasteiger partial charge in [0.05, 0.1) is 0 Å². The van der Waals surface area contributed by atoms with E-state index < -0.39 is 0 Å². The Balaban J connectivity index is 2.70. The lowest BCUT2D eigenvalue weighted by molar-refractivity contribution is 0.0954. The number of carbonyl (C=O) groups excluding carboxylic acids is 1. The van der Waals surface area contributed by atoms with Gasteiger partial charge in [-0.1, -0.05) is 31.5 Å². The van der Waals surface area contributed by atoms with Crippen LogP contribution in [0.4, 0.5) is 0 Å². The first kappa shape index (κ1) is 12.7. The SMILES string of the molecule is C/C(=N\NC(=O)c1cccc(Cl)c1)C(C)C. The van der Waals surface area contributed by atoms with E-state index in [1.807, 2.05) is 20.8 Å². The first-order valence-electron chi connectivity index (χ1n) is 5.11. The average molecular weight is 239 g/mol. The molecule has 4 heteroatoms. The molecule has 1 rings (SSSR count). The predicted octanol–water partition coefficient (Wildman–Crippen LogP) is 3.10. The summed E-state index contributed by atoms with van der Waals surface area (Å²) in [6.45, 7) is 5.91. The van der Waals surface area contributed by atoms with Crippen molar-refractivity contribution in [2.45, 2.75) is 20.8 Å². The lowest BCUT2D eigenvalue weighted by Gasteiger charge is -2.05. The Morgan fingerprint density at radius 3 is 2.69 bits per heavy atom. The third-order valence-corrected chi connectivity index (χ3v) is 2.49. The smallest absolute Gasteiger partial charge is 0.267 e. The van der Waals surface area contributed by atoms with Gasteiger partial charge in [-0.3, -0.25) is 4.79 Å². The van der Waals surface area contributed by atoms with Crippen molar-refractivity contribution in [2.75, 3.05) is 0 Å². The molecule has 3 nitrogen and oxygen atoms in total. The molecule has 0 heterocycles. The highest BCUT2D eigenvalue weighted by atomic mass is 35.5. The van der Waals surface area contributed by atoms with Crippen LogP contribution in [0.5, 0.6) is 0 Å². The molecule has 1 aromatic rings. The van der Waals surface area contributed by atoms with Crippen molar-refractivity contribution in [2.24, 2.45) is 11.0 Å². The molecule has 0 unspecified atom stereocenters. The molecule has 0 aliphatic heterocycles. The van der Waals surface area contributed by atoms with Gasteiger partial charge in [-0.25, -0.2) is 5.43 Å². The van der Waals surface area contributed by atoms with E-state index in [-0.39, 0.29) is 5.91 Å². The first-order chi connectivity index (χ1) is 7.50. The van der Waals surface area contributed by atoms with Gasteiger partial charge < -0.3 is 0 Å². The van der Waals surface area contributed by atoms with Crippen LogP contribution in [0, 0.1) is 5.92 Å². The molecule has 1 aromatic carbocycles. The number of carbonyl (C=O) groups is 1. The maximum atomic E-state index is 11.6. The van der Waals surface area contributed by atoms with E-state index in [1.54, 1.807) is 24.3 Å². The third-order valence-electron chi connectivity index (χ3n) is 2.26. The number of hydrogen-bond donors (Lipinski definition) is 1. The number of nitrogens with one attached hydrogen (secondary N) is 1. The van der Waals surface area contributed by atoms with Crippen molar-refractivity contribution in [1.82, 2.24) is 5.43 Å². The van der Waals surface area contributed by atoms with E-state index in [9.17, 15) is 4.79 Å². The molecule has 0 saturated heterocycles. The number of nitrogens with zero attached hydrogens (tertiary/aromatic N) is 1. The van der Waals surface area contributed by atoms with Crippen molar-refractivity contribution < 1.29 is 4.79 Å². The monoisotopic (exact) mass is 238 g/mol. The van der Waals surface area contributed by atoms with Crippen molar-refractivity contribution >= 4 is 23.2 Å². The summed E-state index contributed by atoms with van der Waals surface area (Å²) in [6, 6.07) is 6.76. The zero-order valence-corrected chi connectivity index (χ0v) is 10.4. The van der Waals surface area contributed by atoms with Gasteiger partial charge in [0, 0.05) is 16.3 Å². The van der Waals surface area contributed by atoms with Gasteiger partial charge in [0.1, 0.15) is 0 Å². The van der Waals surface area contributed by atoms with Gasteiger partial charge >= 0.3 is 0 Å². The molecule has 0 bridgehead atoms. The van der Waals surface area contributed by atoms with Crippen molar-refractivity contribution in [1.29, 1.82) is 0 Å². The summed E-state index contributed by atoms with van der Waals surface area (Å²) in [5.41, 5.74) is 3.89. The van der Waals surface area contributed by atoms with E-state index in [0.29, 0.717) is 16.5 Å². The Bertz CT molecular complexity index is 413. The molecule has 1 amide bonds. The van der Waals surface area contributed by atoms with E-state index in [4.69, 9.17) is 11.6 Å². The molecule has 0 aliphatic rings. The van der Waals surface area contributed by atoms with Crippen LogP contribution in [0.25, 0.3) is 0 Å². The van der Waals surface area contributed by atoms with E-state index in [1.165, 1.54) is 0 Å². The van der Waals surface area contributed by atoms with Gasteiger partial charge in [0.2, 0.25) is 0 Å². The summed E-state index contributed by atoms with van der Waals surface area (Å²) in [6.07, 6.45) is 0. The van der Waals surface area contributed by atoms with Crippen LogP contribution in [0.15, 0.2) is 29.4 Å². The topological polar surface area (TPSA) is 41.5 Å². The molecule has 1 N–H and O–H groups in total. The molecule has 0 saturated carbocycles. The number of rotatable bonds is 3. The Kier molecular flexibility index (Phi) is 4.50. The summed E-state index contributed by atoms with van der Waals surface area (Å²) in [5, 5.41) is 4.54. The molecule has 16 heavy (non-hydrogen) atoms. The van der Waals surface area contributed by atoms with Crippen molar-refractivity contribution in [3.63, 3.8) is 0 Å². The quantitative estimate of drug-likeness (QED) is 0.638. The minimum Gasteiger partial charge on any atom is -0.267 e. The summed E-state index contributed by atoms with van der Waals surface area (Å²) < 4.78 is 0. The van der Waals surface area contributed by atoms with Crippen molar-refractivity contribution in [3.8, 4) is 0 Å². The Morgan fingerprint density at radius 2 is 2.12 bits per heavy atom. The number of halogens is 1. The molecule has 0 fully saturated rings. The average Bonchev–Trinajstić information content (AvgIpc) is 2.25. The lowest BCUT2D eigenvalue weighted by Crippen LogP contribution is -2.20. The van der Waals surface area contributed by atoms with E-state index >= 15 is 0 Å². The zero-order chi connectivity index (χ0) is 12.1. The van der Waals surface area contributed by atoms with Gasteiger partial charge in [0.15, 0.2) is 0 Å². The molecule has 0 aliphatic carbocycles. The Hall–Kier alpha value is -1.35. The van der Waals surface area contributed by atoms with Crippen LogP contribution in [0.3, 0.4) is 0 Å². The molecule has 0 spiro atoms. The second-order valence-electron chi connectivity index (χ2n) is 3.86. The highest BCUT2D eigenvalue weighted by Crippen LogP contribution is 2.10. The second kappa shape index (κ2) is 5.66. The van der Waals surface area contributed by atoms with Gasteiger partial charge in [-0.15, -0.1) is 0 Å². The molecular weight excluding hydrogens is 224 g/mol. The summed E-state index contributed by atoms with van der Waals surface area (Å²) >= 11 is 5.79. The van der Waals surface area contributed by atoms with Gasteiger partial charge in [-0.05, 0) is 31.0 Å². The highest BCUT2D eigenvalue weighted by molar-refractivity contribution is 6.30. The maximum absolute atomic E-state index is 11.6. The molecule has 0 atom stereocenters. The van der Waals surface area contributed by atoms with Crippen molar-refractivity contribution in [3.05, 3.63) is 34.9 Å². The van der Waals surface area contributed by atoms with E-state index in [2.05, 4.69) is 10.5 Å². The van der Waals surface area contributed by atoms with Crippen LogP contribution in [-0.2, 0) is 0 Å². The third kappa shape index (κ3) is 3.66. The number of hydrazone groups is 1. The summed E-state index contributed by atoms with van der Waals surface area (Å²) in [5.74, 6) is 0.0714. The molecule has 0 radical (unpaired) electrons. The highest BCUT2D eigenvalue weighted by Gasteiger charge is 2.05. The molecule has 86 valence electrons. The molecule has 0 aromatic heterocycles. The fourth-order valence-corrected chi connectivity index (χ4v) is 1.15. The Morgan fingerprint density at radius 1 is 1.44 bits per heavy atom. The largest absolute Gasteiger partial charge is 0.271 e. The van der Waals surface area contributed by atoms with Crippen LogP contribution in [0.1, 0.15) is 31.1 Å². The molecular formula is C12H15ClN2O. The van der Waals surface area contributed by atoms with Crippen LogP contribution in [-0.4, -0.2) is 11.6 Å². The first-order valence-corrected chi connectivity index (χ1v) is 5.48. The zero-order valence-electron chi connectivity index (χ0n) is 9.62. The number of benzene rings is 1.